The minimum absolute atomic E-state index is 0.146. The molecule has 2 N–H and O–H groups in total. The second kappa shape index (κ2) is 7.08. The van der Waals surface area contributed by atoms with Crippen LogP contribution >= 0.6 is 0 Å². The number of nitrogens with one attached hydrogen (secondary N) is 2. The Kier molecular flexibility index (Phi) is 5.01. The lowest BCUT2D eigenvalue weighted by molar-refractivity contribution is 0.193. The lowest BCUT2D eigenvalue weighted by Gasteiger charge is -2.32. The Bertz CT molecular complexity index is 991. The van der Waals surface area contributed by atoms with Crippen molar-refractivity contribution >= 4 is 32.7 Å². The molecule has 1 aliphatic rings. The summed E-state index contributed by atoms with van der Waals surface area (Å²) in [5.74, 6) is 0. The number of benzene rings is 1. The molecule has 0 aliphatic carbocycles. The van der Waals surface area contributed by atoms with Crippen molar-refractivity contribution in [3.05, 3.63) is 40.2 Å². The van der Waals surface area contributed by atoms with E-state index in [-0.39, 0.29) is 12.1 Å². The minimum atomic E-state index is -3.24. The summed E-state index contributed by atoms with van der Waals surface area (Å²) in [6, 6.07) is 6.19. The average molecular weight is 379 g/mol. The van der Waals surface area contributed by atoms with E-state index in [2.05, 4.69) is 10.0 Å². The first-order valence-corrected chi connectivity index (χ1v) is 10.2. The molecule has 9 heteroatoms. The Morgan fingerprint density at radius 1 is 1.23 bits per heavy atom. The number of hydrogen-bond donors (Lipinski definition) is 2. The van der Waals surface area contributed by atoms with Crippen LogP contribution in [0.3, 0.4) is 0 Å². The SMILES string of the molecule is Cc1cc(=O)oc2cc(NC(=O)N3CCC(NS(C)(=O)=O)CC3)ccc12. The number of hydrogen-bond acceptors (Lipinski definition) is 5. The van der Waals surface area contributed by atoms with Crippen LogP contribution in [0.1, 0.15) is 18.4 Å². The van der Waals surface area contributed by atoms with E-state index in [0.29, 0.717) is 37.2 Å². The molecule has 2 heterocycles. The first kappa shape index (κ1) is 18.4. The Morgan fingerprint density at radius 3 is 2.58 bits per heavy atom. The van der Waals surface area contributed by atoms with E-state index in [1.54, 1.807) is 23.1 Å². The number of carbonyl (C=O) groups is 1. The summed E-state index contributed by atoms with van der Waals surface area (Å²) in [5.41, 5.74) is 1.34. The van der Waals surface area contributed by atoms with Crippen molar-refractivity contribution < 1.29 is 17.6 Å². The predicted octanol–water partition coefficient (Wildman–Crippen LogP) is 1.65. The summed E-state index contributed by atoms with van der Waals surface area (Å²) >= 11 is 0. The van der Waals surface area contributed by atoms with Gasteiger partial charge < -0.3 is 14.6 Å². The maximum absolute atomic E-state index is 12.4. The van der Waals surface area contributed by atoms with Crippen molar-refractivity contribution in [2.24, 2.45) is 0 Å². The van der Waals surface area contributed by atoms with Gasteiger partial charge in [0.2, 0.25) is 10.0 Å². The molecule has 0 bridgehead atoms. The predicted molar refractivity (Wildman–Crippen MR) is 98.8 cm³/mol. The van der Waals surface area contributed by atoms with Crippen LogP contribution in [0.15, 0.2) is 33.5 Å². The maximum atomic E-state index is 12.4. The summed E-state index contributed by atoms with van der Waals surface area (Å²) in [7, 11) is -3.24. The number of amides is 2. The summed E-state index contributed by atoms with van der Waals surface area (Å²) < 4.78 is 30.3. The third kappa shape index (κ3) is 4.41. The molecule has 0 saturated carbocycles. The maximum Gasteiger partial charge on any atom is 0.336 e. The van der Waals surface area contributed by atoms with Crippen LogP contribution in [0.2, 0.25) is 0 Å². The Labute approximate surface area is 151 Å². The highest BCUT2D eigenvalue weighted by Crippen LogP contribution is 2.21. The number of sulfonamides is 1. The zero-order valence-corrected chi connectivity index (χ0v) is 15.4. The molecule has 8 nitrogen and oxygen atoms in total. The van der Waals surface area contributed by atoms with Crippen molar-refractivity contribution in [3.63, 3.8) is 0 Å². The highest BCUT2D eigenvalue weighted by atomic mass is 32.2. The zero-order chi connectivity index (χ0) is 18.9. The van der Waals surface area contributed by atoms with Crippen LogP contribution in [-0.4, -0.2) is 44.7 Å². The van der Waals surface area contributed by atoms with E-state index >= 15 is 0 Å². The van der Waals surface area contributed by atoms with Crippen molar-refractivity contribution in [1.29, 1.82) is 0 Å². The molecule has 0 spiro atoms. The zero-order valence-electron chi connectivity index (χ0n) is 14.6. The second-order valence-corrected chi connectivity index (χ2v) is 8.32. The van der Waals surface area contributed by atoms with Crippen LogP contribution in [-0.2, 0) is 10.0 Å². The van der Waals surface area contributed by atoms with Crippen LogP contribution in [0.4, 0.5) is 10.5 Å². The number of aryl methyl sites for hydroxylation is 1. The number of piperidine rings is 1. The van der Waals surface area contributed by atoms with Crippen molar-refractivity contribution in [2.75, 3.05) is 24.7 Å². The molecule has 140 valence electrons. The largest absolute Gasteiger partial charge is 0.423 e. The number of carbonyl (C=O) groups excluding carboxylic acids is 1. The second-order valence-electron chi connectivity index (χ2n) is 6.54. The van der Waals surface area contributed by atoms with Gasteiger partial charge in [0, 0.05) is 42.3 Å². The molecule has 1 aromatic carbocycles. The van der Waals surface area contributed by atoms with Crippen molar-refractivity contribution in [2.45, 2.75) is 25.8 Å². The van der Waals surface area contributed by atoms with Gasteiger partial charge in [0.15, 0.2) is 0 Å². The van der Waals surface area contributed by atoms with Crippen LogP contribution in [0.25, 0.3) is 11.0 Å². The smallest absolute Gasteiger partial charge is 0.336 e. The molecule has 2 aromatic rings. The monoisotopic (exact) mass is 379 g/mol. The van der Waals surface area contributed by atoms with Gasteiger partial charge in [-0.05, 0) is 37.5 Å². The third-order valence-corrected chi connectivity index (χ3v) is 5.13. The third-order valence-electron chi connectivity index (χ3n) is 4.37. The Balaban J connectivity index is 1.65. The number of nitrogens with zero attached hydrogens (tertiary/aromatic N) is 1. The molecule has 3 rings (SSSR count). The molecule has 2 amide bonds. The van der Waals surface area contributed by atoms with Crippen LogP contribution in [0.5, 0.6) is 0 Å². The van der Waals surface area contributed by atoms with Gasteiger partial charge in [0.05, 0.1) is 6.26 Å². The molecule has 1 saturated heterocycles. The molecule has 1 aliphatic heterocycles. The molecule has 0 unspecified atom stereocenters. The number of likely N-dealkylation sites (tertiary alicyclic amines) is 1. The first-order valence-electron chi connectivity index (χ1n) is 8.29. The fourth-order valence-electron chi connectivity index (χ4n) is 3.11. The lowest BCUT2D eigenvalue weighted by Crippen LogP contribution is -2.47. The van der Waals surface area contributed by atoms with Gasteiger partial charge in [-0.1, -0.05) is 0 Å². The van der Waals surface area contributed by atoms with Gasteiger partial charge >= 0.3 is 11.7 Å². The van der Waals surface area contributed by atoms with Gasteiger partial charge in [0.25, 0.3) is 0 Å². The number of fused-ring (bicyclic) bond motifs is 1. The van der Waals surface area contributed by atoms with Gasteiger partial charge in [-0.25, -0.2) is 22.7 Å². The van der Waals surface area contributed by atoms with Gasteiger partial charge in [-0.15, -0.1) is 0 Å². The van der Waals surface area contributed by atoms with E-state index in [1.165, 1.54) is 6.07 Å². The van der Waals surface area contributed by atoms with Crippen LogP contribution in [0, 0.1) is 6.92 Å². The van der Waals surface area contributed by atoms with E-state index < -0.39 is 15.6 Å². The molecular formula is C17H21N3O5S. The summed E-state index contributed by atoms with van der Waals surface area (Å²) in [4.78, 5) is 25.6. The van der Waals surface area contributed by atoms with Crippen LogP contribution < -0.4 is 15.7 Å². The van der Waals surface area contributed by atoms with E-state index in [0.717, 1.165) is 17.2 Å². The lowest BCUT2D eigenvalue weighted by atomic mass is 10.1. The molecular weight excluding hydrogens is 358 g/mol. The highest BCUT2D eigenvalue weighted by Gasteiger charge is 2.24. The fraction of sp³-hybridized carbons (Fsp3) is 0.412. The molecule has 1 fully saturated rings. The number of anilines is 1. The standard InChI is InChI=1S/C17H21N3O5S/c1-11-9-16(21)25-15-10-13(3-4-14(11)15)18-17(22)20-7-5-12(6-8-20)19-26(2,23)24/h3-4,9-10,12,19H,5-8H2,1-2H3,(H,18,22). The van der Waals surface area contributed by atoms with Crippen molar-refractivity contribution in [1.82, 2.24) is 9.62 Å². The summed E-state index contributed by atoms with van der Waals surface area (Å²) in [6.45, 7) is 2.74. The number of rotatable bonds is 3. The molecule has 26 heavy (non-hydrogen) atoms. The van der Waals surface area contributed by atoms with E-state index in [9.17, 15) is 18.0 Å². The van der Waals surface area contributed by atoms with Gasteiger partial charge in [-0.2, -0.15) is 0 Å². The first-order chi connectivity index (χ1) is 12.2. The highest BCUT2D eigenvalue weighted by molar-refractivity contribution is 7.88. The van der Waals surface area contributed by atoms with Gasteiger partial charge in [-0.3, -0.25) is 0 Å². The average Bonchev–Trinajstić information content (AvgIpc) is 2.53. The normalized spacial score (nSPS) is 16.0. The fourth-order valence-corrected chi connectivity index (χ4v) is 3.95. The van der Waals surface area contributed by atoms with E-state index in [1.807, 2.05) is 6.92 Å². The molecule has 0 atom stereocenters. The summed E-state index contributed by atoms with van der Waals surface area (Å²) in [6.07, 6.45) is 2.25. The Morgan fingerprint density at radius 2 is 1.92 bits per heavy atom. The summed E-state index contributed by atoms with van der Waals surface area (Å²) in [5, 5.41) is 3.61. The van der Waals surface area contributed by atoms with Crippen molar-refractivity contribution in [3.8, 4) is 0 Å². The Hall–Kier alpha value is -2.39. The number of urea groups is 1. The van der Waals surface area contributed by atoms with Gasteiger partial charge in [0.1, 0.15) is 5.58 Å². The van der Waals surface area contributed by atoms with E-state index in [4.69, 9.17) is 4.42 Å². The molecule has 0 radical (unpaired) electrons. The topological polar surface area (TPSA) is 109 Å². The minimum Gasteiger partial charge on any atom is -0.423 e. The molecule has 1 aromatic heterocycles. The quantitative estimate of drug-likeness (QED) is 0.788.